The highest BCUT2D eigenvalue weighted by atomic mass is 32.1. The average Bonchev–Trinajstić information content (AvgIpc) is 2.81. The Morgan fingerprint density at radius 1 is 1.33 bits per heavy atom. The van der Waals surface area contributed by atoms with Crippen LogP contribution in [0.2, 0.25) is 0 Å². The van der Waals surface area contributed by atoms with Crippen molar-refractivity contribution in [1.82, 2.24) is 10.4 Å². The molecule has 3 nitrogen and oxygen atoms in total. The Balaban J connectivity index is 2.10. The Hall–Kier alpha value is -1.23. The van der Waals surface area contributed by atoms with Gasteiger partial charge in [0.1, 0.15) is 0 Å². The molecule has 0 radical (unpaired) electrons. The van der Waals surface area contributed by atoms with Crippen LogP contribution in [-0.2, 0) is 6.42 Å². The van der Waals surface area contributed by atoms with Crippen LogP contribution in [-0.4, -0.2) is 4.98 Å². The van der Waals surface area contributed by atoms with Gasteiger partial charge in [0, 0.05) is 11.1 Å². The van der Waals surface area contributed by atoms with Crippen LogP contribution in [0.3, 0.4) is 0 Å². The Bertz CT molecular complexity index is 385. The van der Waals surface area contributed by atoms with E-state index in [1.54, 1.807) is 11.3 Å². The van der Waals surface area contributed by atoms with Crippen LogP contribution in [0.1, 0.15) is 16.5 Å². The van der Waals surface area contributed by atoms with Crippen LogP contribution in [0.4, 0.5) is 0 Å². The molecule has 2 rings (SSSR count). The molecule has 0 aliphatic rings. The molecule has 0 spiro atoms. The number of rotatable bonds is 4. The zero-order valence-corrected chi connectivity index (χ0v) is 9.08. The monoisotopic (exact) mass is 219 g/mol. The number of thiazole rings is 1. The first kappa shape index (κ1) is 10.3. The minimum atomic E-state index is 0.153. The molecule has 1 atom stereocenters. The number of hydrazine groups is 1. The summed E-state index contributed by atoms with van der Waals surface area (Å²) in [6.07, 6.45) is 2.75. The van der Waals surface area contributed by atoms with Crippen LogP contribution in [0, 0.1) is 0 Å². The summed E-state index contributed by atoms with van der Waals surface area (Å²) in [5, 5.41) is 0. The van der Waals surface area contributed by atoms with Crippen molar-refractivity contribution in [3.05, 3.63) is 52.5 Å². The highest BCUT2D eigenvalue weighted by molar-refractivity contribution is 7.09. The maximum atomic E-state index is 5.54. The number of nitrogens with one attached hydrogen (secondary N) is 1. The van der Waals surface area contributed by atoms with Crippen molar-refractivity contribution < 1.29 is 0 Å². The zero-order valence-electron chi connectivity index (χ0n) is 8.26. The predicted octanol–water partition coefficient (Wildman–Crippen LogP) is 1.89. The van der Waals surface area contributed by atoms with Gasteiger partial charge in [-0.1, -0.05) is 30.3 Å². The summed E-state index contributed by atoms with van der Waals surface area (Å²) < 4.78 is 0. The third-order valence-electron chi connectivity index (χ3n) is 2.28. The maximum Gasteiger partial charge on any atom is 0.0794 e. The molecular weight excluding hydrogens is 206 g/mol. The standard InChI is InChI=1S/C11H13N3S/c12-14-10(11-7-13-8-15-11)6-9-4-2-1-3-5-9/h1-5,7-8,10,14H,6,12H2. The normalized spacial score (nSPS) is 12.6. The number of aromatic nitrogens is 1. The van der Waals surface area contributed by atoms with E-state index in [-0.39, 0.29) is 6.04 Å². The van der Waals surface area contributed by atoms with Crippen LogP contribution < -0.4 is 11.3 Å². The fourth-order valence-electron chi connectivity index (χ4n) is 1.49. The first-order valence-corrected chi connectivity index (χ1v) is 5.66. The minimum absolute atomic E-state index is 0.153. The second-order valence-electron chi connectivity index (χ2n) is 3.31. The fraction of sp³-hybridized carbons (Fsp3) is 0.182. The van der Waals surface area contributed by atoms with Crippen LogP contribution in [0.5, 0.6) is 0 Å². The molecule has 0 fully saturated rings. The fourth-order valence-corrected chi connectivity index (χ4v) is 2.17. The summed E-state index contributed by atoms with van der Waals surface area (Å²) >= 11 is 1.62. The molecule has 1 heterocycles. The molecule has 15 heavy (non-hydrogen) atoms. The van der Waals surface area contributed by atoms with Crippen LogP contribution in [0.25, 0.3) is 0 Å². The molecule has 78 valence electrons. The van der Waals surface area contributed by atoms with Crippen molar-refractivity contribution in [3.63, 3.8) is 0 Å². The van der Waals surface area contributed by atoms with E-state index in [0.29, 0.717) is 0 Å². The van der Waals surface area contributed by atoms with Gasteiger partial charge in [-0.2, -0.15) is 0 Å². The lowest BCUT2D eigenvalue weighted by molar-refractivity contribution is 0.560. The molecule has 3 N–H and O–H groups in total. The predicted molar refractivity (Wildman–Crippen MR) is 62.3 cm³/mol. The lowest BCUT2D eigenvalue weighted by atomic mass is 10.1. The quantitative estimate of drug-likeness (QED) is 0.610. The van der Waals surface area contributed by atoms with Crippen molar-refractivity contribution in [1.29, 1.82) is 0 Å². The van der Waals surface area contributed by atoms with E-state index in [0.717, 1.165) is 6.42 Å². The topological polar surface area (TPSA) is 50.9 Å². The van der Waals surface area contributed by atoms with E-state index >= 15 is 0 Å². The maximum absolute atomic E-state index is 5.54. The van der Waals surface area contributed by atoms with Crippen molar-refractivity contribution in [2.75, 3.05) is 0 Å². The lowest BCUT2D eigenvalue weighted by Crippen LogP contribution is -2.28. The van der Waals surface area contributed by atoms with Crippen LogP contribution in [0.15, 0.2) is 42.0 Å². The van der Waals surface area contributed by atoms with Gasteiger partial charge in [0.2, 0.25) is 0 Å². The number of hydrogen-bond donors (Lipinski definition) is 2. The number of nitrogens with zero attached hydrogens (tertiary/aromatic N) is 1. The van der Waals surface area contributed by atoms with Crippen molar-refractivity contribution in [2.45, 2.75) is 12.5 Å². The molecule has 0 aliphatic carbocycles. The average molecular weight is 219 g/mol. The van der Waals surface area contributed by atoms with E-state index in [4.69, 9.17) is 5.84 Å². The summed E-state index contributed by atoms with van der Waals surface area (Å²) in [6.45, 7) is 0. The number of hydrogen-bond acceptors (Lipinski definition) is 4. The third kappa shape index (κ3) is 2.62. The molecule has 4 heteroatoms. The molecular formula is C11H13N3S. The van der Waals surface area contributed by atoms with Gasteiger partial charge in [0.05, 0.1) is 11.6 Å². The highest BCUT2D eigenvalue weighted by Gasteiger charge is 2.11. The van der Waals surface area contributed by atoms with E-state index in [9.17, 15) is 0 Å². The van der Waals surface area contributed by atoms with Crippen molar-refractivity contribution in [2.24, 2.45) is 5.84 Å². The molecule has 1 unspecified atom stereocenters. The van der Waals surface area contributed by atoms with E-state index in [1.165, 1.54) is 10.4 Å². The molecule has 0 saturated carbocycles. The summed E-state index contributed by atoms with van der Waals surface area (Å²) in [7, 11) is 0. The second-order valence-corrected chi connectivity index (χ2v) is 4.23. The Labute approximate surface area is 92.9 Å². The van der Waals surface area contributed by atoms with Crippen molar-refractivity contribution >= 4 is 11.3 Å². The van der Waals surface area contributed by atoms with Gasteiger partial charge < -0.3 is 0 Å². The Kier molecular flexibility index (Phi) is 3.45. The van der Waals surface area contributed by atoms with Gasteiger partial charge in [-0.3, -0.25) is 16.3 Å². The third-order valence-corrected chi connectivity index (χ3v) is 3.17. The summed E-state index contributed by atoms with van der Waals surface area (Å²) in [5.74, 6) is 5.54. The number of benzene rings is 1. The summed E-state index contributed by atoms with van der Waals surface area (Å²) in [5.41, 5.74) is 5.92. The van der Waals surface area contributed by atoms with E-state index < -0.39 is 0 Å². The first-order valence-electron chi connectivity index (χ1n) is 4.78. The van der Waals surface area contributed by atoms with Gasteiger partial charge in [0.15, 0.2) is 0 Å². The minimum Gasteiger partial charge on any atom is -0.271 e. The van der Waals surface area contributed by atoms with Crippen molar-refractivity contribution in [3.8, 4) is 0 Å². The Morgan fingerprint density at radius 2 is 2.13 bits per heavy atom. The van der Waals surface area contributed by atoms with E-state index in [2.05, 4.69) is 22.5 Å². The summed E-state index contributed by atoms with van der Waals surface area (Å²) in [4.78, 5) is 5.22. The second kappa shape index (κ2) is 5.02. The van der Waals surface area contributed by atoms with Gasteiger partial charge in [-0.15, -0.1) is 11.3 Å². The SMILES string of the molecule is NNC(Cc1ccccc1)c1cncs1. The van der Waals surface area contributed by atoms with Gasteiger partial charge in [0.25, 0.3) is 0 Å². The molecule has 2 aromatic rings. The van der Waals surface area contributed by atoms with Gasteiger partial charge >= 0.3 is 0 Å². The largest absolute Gasteiger partial charge is 0.271 e. The molecule has 0 amide bonds. The first-order chi connectivity index (χ1) is 7.40. The van der Waals surface area contributed by atoms with Gasteiger partial charge in [-0.25, -0.2) is 0 Å². The highest BCUT2D eigenvalue weighted by Crippen LogP contribution is 2.20. The molecule has 1 aromatic carbocycles. The molecule has 1 aromatic heterocycles. The number of nitrogens with two attached hydrogens (primary N) is 1. The lowest BCUT2D eigenvalue weighted by Gasteiger charge is -2.13. The molecule has 0 saturated heterocycles. The zero-order chi connectivity index (χ0) is 10.5. The smallest absolute Gasteiger partial charge is 0.0794 e. The van der Waals surface area contributed by atoms with Crippen LogP contribution >= 0.6 is 11.3 Å². The molecule has 0 bridgehead atoms. The Morgan fingerprint density at radius 3 is 2.73 bits per heavy atom. The van der Waals surface area contributed by atoms with E-state index in [1.807, 2.05) is 29.9 Å². The van der Waals surface area contributed by atoms with Gasteiger partial charge in [-0.05, 0) is 12.0 Å². The summed E-state index contributed by atoms with van der Waals surface area (Å²) in [6, 6.07) is 10.4. The molecule has 0 aliphatic heterocycles.